The summed E-state index contributed by atoms with van der Waals surface area (Å²) >= 11 is 1.35. The van der Waals surface area contributed by atoms with Crippen LogP contribution in [0.5, 0.6) is 5.75 Å². The Morgan fingerprint density at radius 2 is 2.16 bits per heavy atom. The number of thioether (sulfide) groups is 1. The van der Waals surface area contributed by atoms with E-state index >= 15 is 0 Å². The van der Waals surface area contributed by atoms with Gasteiger partial charge in [0, 0.05) is 18.2 Å². The number of aromatic nitrogens is 4. The van der Waals surface area contributed by atoms with Gasteiger partial charge >= 0.3 is 0 Å². The van der Waals surface area contributed by atoms with Crippen molar-refractivity contribution in [2.45, 2.75) is 49.7 Å². The first-order valence-electron chi connectivity index (χ1n) is 10.1. The molecule has 4 rings (SSSR count). The van der Waals surface area contributed by atoms with Crippen molar-refractivity contribution in [3.63, 3.8) is 0 Å². The minimum atomic E-state index is -0.415. The molecule has 2 atom stereocenters. The van der Waals surface area contributed by atoms with E-state index in [1.54, 1.807) is 20.1 Å². The number of nitrogens with one attached hydrogen (secondary N) is 1. The van der Waals surface area contributed by atoms with Crippen molar-refractivity contribution < 1.29 is 18.8 Å². The lowest BCUT2D eigenvalue weighted by Gasteiger charge is -2.16. The first-order valence-corrected chi connectivity index (χ1v) is 11.0. The zero-order valence-corrected chi connectivity index (χ0v) is 18.5. The largest absolute Gasteiger partial charge is 0.497 e. The van der Waals surface area contributed by atoms with Crippen LogP contribution in [0.4, 0.5) is 5.88 Å². The highest BCUT2D eigenvalue weighted by Gasteiger charge is 2.25. The maximum atomic E-state index is 12.6. The van der Waals surface area contributed by atoms with E-state index in [-0.39, 0.29) is 12.0 Å². The summed E-state index contributed by atoms with van der Waals surface area (Å²) < 4.78 is 18.2. The molecule has 1 amide bonds. The van der Waals surface area contributed by atoms with Gasteiger partial charge in [-0.05, 0) is 51.0 Å². The van der Waals surface area contributed by atoms with E-state index in [0.717, 1.165) is 36.6 Å². The number of carbonyl (C=O) groups excluding carboxylic acids is 1. The quantitative estimate of drug-likeness (QED) is 0.527. The third-order valence-electron chi connectivity index (χ3n) is 5.00. The van der Waals surface area contributed by atoms with Crippen molar-refractivity contribution in [3.05, 3.63) is 36.0 Å². The molecule has 1 aliphatic rings. The molecule has 2 unspecified atom stereocenters. The molecule has 10 heteroatoms. The number of methoxy groups -OCH3 is 1. The number of rotatable bonds is 8. The van der Waals surface area contributed by atoms with Gasteiger partial charge in [-0.1, -0.05) is 16.9 Å². The molecule has 1 saturated heterocycles. The van der Waals surface area contributed by atoms with Crippen molar-refractivity contribution in [3.8, 4) is 17.1 Å². The minimum absolute atomic E-state index is 0.105. The Hall–Kier alpha value is -2.85. The fourth-order valence-electron chi connectivity index (χ4n) is 3.34. The van der Waals surface area contributed by atoms with E-state index in [1.165, 1.54) is 11.8 Å². The third-order valence-corrected chi connectivity index (χ3v) is 6.08. The first-order chi connectivity index (χ1) is 15.0. The lowest BCUT2D eigenvalue weighted by atomic mass is 10.2. The van der Waals surface area contributed by atoms with Crippen LogP contribution in [0.15, 0.2) is 40.0 Å². The van der Waals surface area contributed by atoms with Crippen LogP contribution in [0.3, 0.4) is 0 Å². The van der Waals surface area contributed by atoms with Gasteiger partial charge in [-0.25, -0.2) is 0 Å². The maximum absolute atomic E-state index is 12.6. The summed E-state index contributed by atoms with van der Waals surface area (Å²) in [5.74, 6) is 1.64. The molecule has 0 radical (unpaired) electrons. The van der Waals surface area contributed by atoms with Crippen LogP contribution in [-0.4, -0.2) is 50.9 Å². The standard InChI is InChI=1S/C21H25N5O4S/c1-13-11-18(30-25-13)22-20(27)14(2)31-21-24-23-19(15-6-8-16(28-3)9-7-15)26(21)12-17-5-4-10-29-17/h6-9,11,14,17H,4-5,10,12H2,1-3H3,(H,22,27). The van der Waals surface area contributed by atoms with Gasteiger partial charge in [0.25, 0.3) is 0 Å². The zero-order valence-electron chi connectivity index (χ0n) is 17.7. The molecule has 9 nitrogen and oxygen atoms in total. The van der Waals surface area contributed by atoms with Gasteiger partial charge in [0.15, 0.2) is 11.0 Å². The van der Waals surface area contributed by atoms with Gasteiger partial charge < -0.3 is 14.0 Å². The monoisotopic (exact) mass is 443 g/mol. The predicted octanol–water partition coefficient (Wildman–Crippen LogP) is 3.55. The predicted molar refractivity (Wildman–Crippen MR) is 116 cm³/mol. The molecule has 0 aliphatic carbocycles. The maximum Gasteiger partial charge on any atom is 0.240 e. The molecular formula is C21H25N5O4S. The Labute approximate surface area is 184 Å². The van der Waals surface area contributed by atoms with Crippen LogP contribution >= 0.6 is 11.8 Å². The van der Waals surface area contributed by atoms with E-state index in [1.807, 2.05) is 35.8 Å². The summed E-state index contributed by atoms with van der Waals surface area (Å²) in [5.41, 5.74) is 1.63. The smallest absolute Gasteiger partial charge is 0.240 e. The van der Waals surface area contributed by atoms with Gasteiger partial charge in [0.05, 0.1) is 30.7 Å². The van der Waals surface area contributed by atoms with Gasteiger partial charge in [-0.15, -0.1) is 10.2 Å². The summed E-state index contributed by atoms with van der Waals surface area (Å²) in [6.45, 7) is 5.02. The van der Waals surface area contributed by atoms with E-state index in [9.17, 15) is 4.79 Å². The van der Waals surface area contributed by atoms with Crippen LogP contribution in [0, 0.1) is 6.92 Å². The van der Waals surface area contributed by atoms with Crippen LogP contribution in [0.25, 0.3) is 11.4 Å². The lowest BCUT2D eigenvalue weighted by molar-refractivity contribution is -0.115. The van der Waals surface area contributed by atoms with Gasteiger partial charge in [0.1, 0.15) is 5.75 Å². The fraction of sp³-hybridized carbons (Fsp3) is 0.429. The molecule has 1 aliphatic heterocycles. The number of anilines is 1. The highest BCUT2D eigenvalue weighted by molar-refractivity contribution is 8.00. The Morgan fingerprint density at radius 3 is 2.81 bits per heavy atom. The van der Waals surface area contributed by atoms with E-state index in [2.05, 4.69) is 20.7 Å². The van der Waals surface area contributed by atoms with Crippen molar-refractivity contribution >= 4 is 23.6 Å². The van der Waals surface area contributed by atoms with E-state index in [0.29, 0.717) is 23.3 Å². The number of amides is 1. The summed E-state index contributed by atoms with van der Waals surface area (Å²) in [6.07, 6.45) is 2.14. The summed E-state index contributed by atoms with van der Waals surface area (Å²) in [4.78, 5) is 12.6. The molecule has 0 bridgehead atoms. The molecule has 31 heavy (non-hydrogen) atoms. The Kier molecular flexibility index (Phi) is 6.57. The molecule has 0 spiro atoms. The second kappa shape index (κ2) is 9.52. The number of hydrogen-bond donors (Lipinski definition) is 1. The van der Waals surface area contributed by atoms with Crippen molar-refractivity contribution in [2.75, 3.05) is 19.0 Å². The fourth-order valence-corrected chi connectivity index (χ4v) is 4.20. The zero-order chi connectivity index (χ0) is 21.8. The van der Waals surface area contributed by atoms with E-state index in [4.69, 9.17) is 14.0 Å². The third kappa shape index (κ3) is 5.08. The molecular weight excluding hydrogens is 418 g/mol. The molecule has 3 heterocycles. The molecule has 1 N–H and O–H groups in total. The first kappa shape index (κ1) is 21.4. The summed E-state index contributed by atoms with van der Waals surface area (Å²) in [6, 6.07) is 9.36. The van der Waals surface area contributed by atoms with Crippen molar-refractivity contribution in [1.82, 2.24) is 19.9 Å². The average Bonchev–Trinajstić information content (AvgIpc) is 3.51. The SMILES string of the molecule is COc1ccc(-c2nnc(SC(C)C(=O)Nc3cc(C)no3)n2CC2CCCO2)cc1. The van der Waals surface area contributed by atoms with Crippen LogP contribution < -0.4 is 10.1 Å². The average molecular weight is 444 g/mol. The minimum Gasteiger partial charge on any atom is -0.497 e. The Bertz CT molecular complexity index is 1030. The number of ether oxygens (including phenoxy) is 2. The van der Waals surface area contributed by atoms with Crippen LogP contribution in [-0.2, 0) is 16.1 Å². The highest BCUT2D eigenvalue weighted by Crippen LogP contribution is 2.30. The number of aryl methyl sites for hydroxylation is 1. The Balaban J connectivity index is 1.55. The van der Waals surface area contributed by atoms with Crippen LogP contribution in [0.2, 0.25) is 0 Å². The molecule has 1 aromatic carbocycles. The number of benzene rings is 1. The second-order valence-corrected chi connectivity index (χ2v) is 8.67. The van der Waals surface area contributed by atoms with Gasteiger partial charge in [-0.3, -0.25) is 14.7 Å². The molecule has 164 valence electrons. The normalized spacial score (nSPS) is 16.9. The molecule has 0 saturated carbocycles. The summed E-state index contributed by atoms with van der Waals surface area (Å²) in [5, 5.41) is 15.6. The topological polar surface area (TPSA) is 104 Å². The molecule has 1 fully saturated rings. The van der Waals surface area contributed by atoms with Gasteiger partial charge in [0.2, 0.25) is 11.8 Å². The summed E-state index contributed by atoms with van der Waals surface area (Å²) in [7, 11) is 1.64. The van der Waals surface area contributed by atoms with Crippen molar-refractivity contribution in [2.24, 2.45) is 0 Å². The highest BCUT2D eigenvalue weighted by atomic mass is 32.2. The van der Waals surface area contributed by atoms with Crippen molar-refractivity contribution in [1.29, 1.82) is 0 Å². The van der Waals surface area contributed by atoms with Gasteiger partial charge in [-0.2, -0.15) is 0 Å². The number of carbonyl (C=O) groups is 1. The Morgan fingerprint density at radius 1 is 1.35 bits per heavy atom. The second-order valence-electron chi connectivity index (χ2n) is 7.36. The lowest BCUT2D eigenvalue weighted by Crippen LogP contribution is -2.23. The number of nitrogens with zero attached hydrogens (tertiary/aromatic N) is 4. The van der Waals surface area contributed by atoms with Crippen LogP contribution in [0.1, 0.15) is 25.5 Å². The number of hydrogen-bond acceptors (Lipinski definition) is 8. The molecule has 2 aromatic heterocycles. The van der Waals surface area contributed by atoms with E-state index < -0.39 is 5.25 Å². The molecule has 3 aromatic rings.